The van der Waals surface area contributed by atoms with Crippen molar-refractivity contribution in [1.82, 2.24) is 19.5 Å². The van der Waals surface area contributed by atoms with Gasteiger partial charge in [0.1, 0.15) is 22.3 Å². The molecule has 0 spiro atoms. The molecule has 8 heteroatoms. The lowest BCUT2D eigenvalue weighted by atomic mass is 9.94. The van der Waals surface area contributed by atoms with E-state index in [0.717, 1.165) is 82.1 Å². The molecule has 358 valence electrons. The minimum Gasteiger partial charge on any atom is -0.456 e. The third-order valence-corrected chi connectivity index (χ3v) is 17.9. The summed E-state index contributed by atoms with van der Waals surface area (Å²) in [6, 6.07) is 82.2. The lowest BCUT2D eigenvalue weighted by Gasteiger charge is -2.11. The van der Waals surface area contributed by atoms with Crippen LogP contribution in [0.15, 0.2) is 239 Å². The van der Waals surface area contributed by atoms with Crippen LogP contribution in [0.1, 0.15) is 0 Å². The molecule has 77 heavy (non-hydrogen) atoms. The maximum absolute atomic E-state index is 6.74. The molecular weight excluding hydrogens is 981 g/mol. The van der Waals surface area contributed by atoms with Crippen molar-refractivity contribution in [2.24, 2.45) is 0 Å². The topological polar surface area (TPSA) is 69.9 Å². The smallest absolute Gasteiger partial charge is 0.165 e. The molecule has 0 amide bonds. The average Bonchev–Trinajstić information content (AvgIpc) is 4.43. The summed E-state index contributed by atoms with van der Waals surface area (Å²) >= 11 is 3.63. The molecule has 0 saturated carbocycles. The van der Waals surface area contributed by atoms with Gasteiger partial charge in [0.25, 0.3) is 0 Å². The van der Waals surface area contributed by atoms with Crippen molar-refractivity contribution in [3.8, 4) is 62.1 Å². The zero-order valence-corrected chi connectivity index (χ0v) is 42.5. The summed E-state index contributed by atoms with van der Waals surface area (Å²) in [5.74, 6) is 1.72. The van der Waals surface area contributed by atoms with Crippen molar-refractivity contribution in [1.29, 1.82) is 0 Å². The molecular formula is C69H38N4O2S2. The van der Waals surface area contributed by atoms with Gasteiger partial charge in [-0.15, -0.1) is 22.7 Å². The van der Waals surface area contributed by atoms with E-state index in [1.807, 2.05) is 41.7 Å². The van der Waals surface area contributed by atoms with Gasteiger partial charge in [0.2, 0.25) is 0 Å². The molecule has 0 bridgehead atoms. The highest BCUT2D eigenvalue weighted by atomic mass is 32.1. The predicted molar refractivity (Wildman–Crippen MR) is 322 cm³/mol. The van der Waals surface area contributed by atoms with Crippen LogP contribution in [0.25, 0.3) is 168 Å². The van der Waals surface area contributed by atoms with Gasteiger partial charge in [-0.25, -0.2) is 15.0 Å². The highest BCUT2D eigenvalue weighted by Crippen LogP contribution is 2.47. The molecule has 0 unspecified atom stereocenters. The zero-order valence-electron chi connectivity index (χ0n) is 40.9. The summed E-state index contributed by atoms with van der Waals surface area (Å²) in [6.07, 6.45) is 0. The molecule has 0 radical (unpaired) electrons. The Morgan fingerprint density at radius 3 is 1.73 bits per heavy atom. The fourth-order valence-electron chi connectivity index (χ4n) is 11.9. The Balaban J connectivity index is 0.866. The predicted octanol–water partition coefficient (Wildman–Crippen LogP) is 19.8. The number of thiophene rings is 2. The first kappa shape index (κ1) is 42.6. The lowest BCUT2D eigenvalue weighted by molar-refractivity contribution is 0.668. The molecule has 17 aromatic rings. The zero-order chi connectivity index (χ0) is 50.3. The van der Waals surface area contributed by atoms with Gasteiger partial charge in [-0.2, -0.15) is 0 Å². The molecule has 6 heterocycles. The minimum atomic E-state index is 0.558. The molecule has 17 rings (SSSR count). The van der Waals surface area contributed by atoms with Crippen molar-refractivity contribution >= 4 is 129 Å². The van der Waals surface area contributed by atoms with Crippen LogP contribution in [0.2, 0.25) is 0 Å². The van der Waals surface area contributed by atoms with Gasteiger partial charge in [-0.3, -0.25) is 0 Å². The Labute approximate surface area is 447 Å². The number of hydrogen-bond acceptors (Lipinski definition) is 7. The molecule has 11 aromatic carbocycles. The van der Waals surface area contributed by atoms with Crippen LogP contribution in [0, 0.1) is 0 Å². The normalized spacial score (nSPS) is 12.2. The summed E-state index contributed by atoms with van der Waals surface area (Å²) in [6.45, 7) is 0. The van der Waals surface area contributed by atoms with E-state index >= 15 is 0 Å². The maximum atomic E-state index is 6.74. The molecule has 0 aliphatic carbocycles. The average molecular weight is 1020 g/mol. The lowest BCUT2D eigenvalue weighted by Crippen LogP contribution is -2.00. The molecule has 0 atom stereocenters. The minimum absolute atomic E-state index is 0.558. The van der Waals surface area contributed by atoms with E-state index in [1.165, 1.54) is 68.6 Å². The fraction of sp³-hybridized carbons (Fsp3) is 0. The fourth-order valence-corrected chi connectivity index (χ4v) is 14.4. The third kappa shape index (κ3) is 6.50. The molecule has 0 saturated heterocycles. The van der Waals surface area contributed by atoms with Gasteiger partial charge >= 0.3 is 0 Å². The van der Waals surface area contributed by atoms with E-state index in [-0.39, 0.29) is 0 Å². The number of fused-ring (bicyclic) bond motifs is 15. The van der Waals surface area contributed by atoms with Crippen molar-refractivity contribution in [2.75, 3.05) is 0 Å². The van der Waals surface area contributed by atoms with Gasteiger partial charge in [-0.1, -0.05) is 133 Å². The maximum Gasteiger partial charge on any atom is 0.165 e. The monoisotopic (exact) mass is 1020 g/mol. The molecule has 0 N–H and O–H groups in total. The second kappa shape index (κ2) is 16.4. The molecule has 6 aromatic heterocycles. The summed E-state index contributed by atoms with van der Waals surface area (Å²) in [4.78, 5) is 16.1. The number of nitrogens with zero attached hydrogens (tertiary/aromatic N) is 4. The third-order valence-electron chi connectivity index (χ3n) is 15.5. The van der Waals surface area contributed by atoms with E-state index in [9.17, 15) is 0 Å². The van der Waals surface area contributed by atoms with Gasteiger partial charge in [-0.05, 0) is 114 Å². The van der Waals surface area contributed by atoms with E-state index in [2.05, 4.69) is 205 Å². The highest BCUT2D eigenvalue weighted by Gasteiger charge is 2.23. The van der Waals surface area contributed by atoms with E-state index in [1.54, 1.807) is 11.3 Å². The molecule has 0 aliphatic heterocycles. The van der Waals surface area contributed by atoms with Crippen LogP contribution in [0.5, 0.6) is 0 Å². The van der Waals surface area contributed by atoms with Crippen molar-refractivity contribution in [3.05, 3.63) is 231 Å². The Hall–Kier alpha value is -9.73. The number of hydrogen-bond donors (Lipinski definition) is 0. The first-order chi connectivity index (χ1) is 38.1. The number of benzene rings is 11. The Morgan fingerprint density at radius 1 is 0.299 bits per heavy atom. The summed E-state index contributed by atoms with van der Waals surface area (Å²) in [7, 11) is 0. The number of aromatic nitrogens is 4. The largest absolute Gasteiger partial charge is 0.456 e. The second-order valence-corrected chi connectivity index (χ2v) is 21.9. The summed E-state index contributed by atoms with van der Waals surface area (Å²) in [5.41, 5.74) is 13.9. The summed E-state index contributed by atoms with van der Waals surface area (Å²) < 4.78 is 20.4. The van der Waals surface area contributed by atoms with E-state index in [0.29, 0.717) is 17.5 Å². The quantitative estimate of drug-likeness (QED) is 0.166. The SMILES string of the molecule is c1ccc(-n2c3ccccc3c3cc(-c4cc(-c5ccc6oc7cccc(-c8nc(-c9ccc%10c(c9)oc9ccccc9%10)nc(-c9cccc%10c9sc9ccccc9%10)n8)c7c6c5)cc5c4sc4ccccc45)ccc32)cc1. The molecule has 0 aliphatic rings. The van der Waals surface area contributed by atoms with Crippen LogP contribution in [0.3, 0.4) is 0 Å². The Morgan fingerprint density at radius 2 is 0.870 bits per heavy atom. The summed E-state index contributed by atoms with van der Waals surface area (Å²) in [5, 5.41) is 11.4. The number of furan rings is 2. The van der Waals surface area contributed by atoms with Crippen molar-refractivity contribution < 1.29 is 8.83 Å². The van der Waals surface area contributed by atoms with Crippen molar-refractivity contribution in [3.63, 3.8) is 0 Å². The first-order valence-electron chi connectivity index (χ1n) is 25.7. The standard InChI is InChI=1S/C69H38N4O2S2/c1-2-14-43(15-3-1)73-56-23-8-4-16-44(56)53-35-40(29-32-57(53)73)52-36-42(37-54-48-19-7-11-27-63(48)77-66(52)54)39-30-33-59-55(34-39)64-50(21-13-25-60(64)74-59)68-70-67(41-28-31-46-45-17-5-9-24-58(45)75-61(46)38-41)71-69(72-68)51-22-12-20-49-47-18-6-10-26-62(47)76-65(49)51/h1-38H. The van der Waals surface area contributed by atoms with Gasteiger partial charge in [0, 0.05) is 101 Å². The van der Waals surface area contributed by atoms with Gasteiger partial charge in [0.15, 0.2) is 17.5 Å². The van der Waals surface area contributed by atoms with Crippen molar-refractivity contribution in [2.45, 2.75) is 0 Å². The Kier molecular flexibility index (Phi) is 9.07. The van der Waals surface area contributed by atoms with Crippen LogP contribution < -0.4 is 0 Å². The van der Waals surface area contributed by atoms with Gasteiger partial charge in [0.05, 0.1) is 11.0 Å². The number of para-hydroxylation sites is 3. The first-order valence-corrected chi connectivity index (χ1v) is 27.4. The van der Waals surface area contributed by atoms with Gasteiger partial charge < -0.3 is 13.4 Å². The molecule has 0 fully saturated rings. The van der Waals surface area contributed by atoms with E-state index in [4.69, 9.17) is 23.8 Å². The highest BCUT2D eigenvalue weighted by molar-refractivity contribution is 7.26. The van der Waals surface area contributed by atoms with Crippen LogP contribution in [-0.4, -0.2) is 19.5 Å². The Bertz CT molecular complexity index is 5310. The number of rotatable bonds is 6. The van der Waals surface area contributed by atoms with Crippen LogP contribution in [-0.2, 0) is 0 Å². The molecule has 6 nitrogen and oxygen atoms in total. The second-order valence-electron chi connectivity index (χ2n) is 19.8. The van der Waals surface area contributed by atoms with Crippen LogP contribution >= 0.6 is 22.7 Å². The van der Waals surface area contributed by atoms with Crippen LogP contribution in [0.4, 0.5) is 0 Å². The van der Waals surface area contributed by atoms with E-state index < -0.39 is 0 Å².